The van der Waals surface area contributed by atoms with E-state index in [1.54, 1.807) is 0 Å². The molecule has 1 amide bonds. The maximum atomic E-state index is 12.5. The number of nitrogens with zero attached hydrogens (tertiary/aromatic N) is 2. The number of hydrogen-bond donors (Lipinski definition) is 0. The maximum absolute atomic E-state index is 12.5. The van der Waals surface area contributed by atoms with Crippen molar-refractivity contribution in [2.75, 3.05) is 32.1 Å². The van der Waals surface area contributed by atoms with E-state index in [9.17, 15) is 4.79 Å². The van der Waals surface area contributed by atoms with Crippen molar-refractivity contribution in [3.05, 3.63) is 29.8 Å². The van der Waals surface area contributed by atoms with E-state index in [0.717, 1.165) is 19.4 Å². The van der Waals surface area contributed by atoms with E-state index in [1.165, 1.54) is 11.3 Å². The summed E-state index contributed by atoms with van der Waals surface area (Å²) in [6.45, 7) is 5.36. The fraction of sp³-hybridized carbons (Fsp3) is 0.611. The molecule has 4 heteroatoms. The van der Waals surface area contributed by atoms with E-state index in [1.807, 2.05) is 32.8 Å². The van der Waals surface area contributed by atoms with Crippen molar-refractivity contribution in [2.45, 2.75) is 45.3 Å². The molecule has 1 saturated heterocycles. The lowest BCUT2D eigenvalue weighted by Crippen LogP contribution is -2.31. The van der Waals surface area contributed by atoms with Crippen LogP contribution in [0.4, 0.5) is 5.69 Å². The molecule has 1 aliphatic rings. The van der Waals surface area contributed by atoms with Crippen LogP contribution in [0.1, 0.15) is 44.7 Å². The molecule has 0 aromatic heterocycles. The third-order valence-electron chi connectivity index (χ3n) is 4.11. The normalized spacial score (nSPS) is 18.0. The van der Waals surface area contributed by atoms with Crippen molar-refractivity contribution in [1.29, 1.82) is 0 Å². The van der Waals surface area contributed by atoms with Crippen molar-refractivity contribution in [3.63, 3.8) is 0 Å². The van der Waals surface area contributed by atoms with Crippen molar-refractivity contribution in [2.24, 2.45) is 0 Å². The Morgan fingerprint density at radius 1 is 1.41 bits per heavy atom. The van der Waals surface area contributed by atoms with Crippen LogP contribution in [0.15, 0.2) is 24.3 Å². The van der Waals surface area contributed by atoms with Gasteiger partial charge in [0.2, 0.25) is 5.91 Å². The highest BCUT2D eigenvalue weighted by Crippen LogP contribution is 2.33. The molecular formula is C18H28N2O2. The molecule has 1 aromatic carbocycles. The summed E-state index contributed by atoms with van der Waals surface area (Å²) >= 11 is 0. The van der Waals surface area contributed by atoms with Crippen LogP contribution >= 0.6 is 0 Å². The second kappa shape index (κ2) is 7.63. The molecule has 0 bridgehead atoms. The first-order chi connectivity index (χ1) is 10.5. The molecule has 0 N–H and O–H groups in total. The third-order valence-corrected chi connectivity index (χ3v) is 4.11. The number of hydrogen-bond acceptors (Lipinski definition) is 3. The number of ether oxygens (including phenoxy) is 1. The van der Waals surface area contributed by atoms with E-state index in [2.05, 4.69) is 29.2 Å². The average molecular weight is 304 g/mol. The first-order valence-electron chi connectivity index (χ1n) is 8.17. The number of likely N-dealkylation sites (tertiary alicyclic amines) is 1. The Balaban J connectivity index is 2.03. The van der Waals surface area contributed by atoms with Crippen LogP contribution in [0.2, 0.25) is 0 Å². The highest BCUT2D eigenvalue weighted by Gasteiger charge is 2.29. The lowest BCUT2D eigenvalue weighted by Gasteiger charge is -2.26. The van der Waals surface area contributed by atoms with Gasteiger partial charge in [-0.25, -0.2) is 0 Å². The first-order valence-corrected chi connectivity index (χ1v) is 8.17. The van der Waals surface area contributed by atoms with Crippen molar-refractivity contribution in [1.82, 2.24) is 4.90 Å². The molecule has 0 saturated carbocycles. The maximum Gasteiger partial charge on any atom is 0.225 e. The summed E-state index contributed by atoms with van der Waals surface area (Å²) in [5, 5.41) is 0. The monoisotopic (exact) mass is 304 g/mol. The summed E-state index contributed by atoms with van der Waals surface area (Å²) in [4.78, 5) is 16.6. The molecule has 1 fully saturated rings. The standard InChI is InChI=1S/C18H28N2O2/c1-14(2)22-12-10-18(21)20-11-6-9-17(20)15-7-5-8-16(13-15)19(3)4/h5,7-8,13-14,17H,6,9-12H2,1-4H3/t17-/m1/s1. The summed E-state index contributed by atoms with van der Waals surface area (Å²) in [7, 11) is 4.08. The van der Waals surface area contributed by atoms with Crippen molar-refractivity contribution in [3.8, 4) is 0 Å². The molecule has 1 heterocycles. The van der Waals surface area contributed by atoms with Gasteiger partial charge in [0.05, 0.1) is 25.2 Å². The number of benzene rings is 1. The highest BCUT2D eigenvalue weighted by molar-refractivity contribution is 5.77. The van der Waals surface area contributed by atoms with Crippen LogP contribution < -0.4 is 4.90 Å². The molecule has 22 heavy (non-hydrogen) atoms. The van der Waals surface area contributed by atoms with Gasteiger partial charge in [0.15, 0.2) is 0 Å². The van der Waals surface area contributed by atoms with Gasteiger partial charge < -0.3 is 14.5 Å². The smallest absolute Gasteiger partial charge is 0.225 e. The molecule has 1 aliphatic heterocycles. The minimum atomic E-state index is 0.180. The molecule has 4 nitrogen and oxygen atoms in total. The molecule has 0 radical (unpaired) electrons. The van der Waals surface area contributed by atoms with Crippen LogP contribution in [0.5, 0.6) is 0 Å². The summed E-state index contributed by atoms with van der Waals surface area (Å²) in [5.74, 6) is 0.207. The first kappa shape index (κ1) is 16.8. The van der Waals surface area contributed by atoms with Gasteiger partial charge >= 0.3 is 0 Å². The molecule has 0 unspecified atom stereocenters. The number of anilines is 1. The van der Waals surface area contributed by atoms with Gasteiger partial charge in [0, 0.05) is 26.3 Å². The zero-order valence-corrected chi connectivity index (χ0v) is 14.2. The number of carbonyl (C=O) groups excluding carboxylic acids is 1. The Morgan fingerprint density at radius 3 is 2.86 bits per heavy atom. The Morgan fingerprint density at radius 2 is 2.18 bits per heavy atom. The van der Waals surface area contributed by atoms with Gasteiger partial charge in [0.25, 0.3) is 0 Å². The van der Waals surface area contributed by atoms with E-state index >= 15 is 0 Å². The number of amides is 1. The van der Waals surface area contributed by atoms with Crippen LogP contribution in [0, 0.1) is 0 Å². The Bertz CT molecular complexity index is 500. The lowest BCUT2D eigenvalue weighted by molar-refractivity contribution is -0.133. The van der Waals surface area contributed by atoms with Gasteiger partial charge in [-0.1, -0.05) is 12.1 Å². The van der Waals surface area contributed by atoms with Crippen molar-refractivity contribution >= 4 is 11.6 Å². The zero-order chi connectivity index (χ0) is 16.1. The van der Waals surface area contributed by atoms with Crippen LogP contribution in [0.25, 0.3) is 0 Å². The molecular weight excluding hydrogens is 276 g/mol. The average Bonchev–Trinajstić information content (AvgIpc) is 2.96. The topological polar surface area (TPSA) is 32.8 Å². The Hall–Kier alpha value is -1.55. The van der Waals surface area contributed by atoms with Crippen molar-refractivity contribution < 1.29 is 9.53 Å². The van der Waals surface area contributed by atoms with Crippen LogP contribution in [-0.2, 0) is 9.53 Å². The van der Waals surface area contributed by atoms with E-state index in [-0.39, 0.29) is 18.1 Å². The van der Waals surface area contributed by atoms with Gasteiger partial charge in [-0.05, 0) is 44.4 Å². The third kappa shape index (κ3) is 4.23. The van der Waals surface area contributed by atoms with Gasteiger partial charge in [0.1, 0.15) is 0 Å². The summed E-state index contributed by atoms with van der Waals surface area (Å²) in [5.41, 5.74) is 2.42. The predicted octanol–water partition coefficient (Wildman–Crippen LogP) is 3.23. The quantitative estimate of drug-likeness (QED) is 0.809. The number of rotatable bonds is 6. The largest absolute Gasteiger partial charge is 0.378 e. The van der Waals surface area contributed by atoms with Crippen LogP contribution in [-0.4, -0.2) is 44.2 Å². The molecule has 0 aliphatic carbocycles. The van der Waals surface area contributed by atoms with Gasteiger partial charge in [-0.3, -0.25) is 4.79 Å². The Kier molecular flexibility index (Phi) is 5.83. The van der Waals surface area contributed by atoms with E-state index in [4.69, 9.17) is 4.74 Å². The fourth-order valence-electron chi connectivity index (χ4n) is 2.95. The molecule has 0 spiro atoms. The zero-order valence-electron chi connectivity index (χ0n) is 14.2. The second-order valence-corrected chi connectivity index (χ2v) is 6.40. The lowest BCUT2D eigenvalue weighted by atomic mass is 10.0. The summed E-state index contributed by atoms with van der Waals surface area (Å²) < 4.78 is 5.51. The minimum absolute atomic E-state index is 0.180. The van der Waals surface area contributed by atoms with Gasteiger partial charge in [-0.15, -0.1) is 0 Å². The van der Waals surface area contributed by atoms with E-state index < -0.39 is 0 Å². The highest BCUT2D eigenvalue weighted by atomic mass is 16.5. The summed E-state index contributed by atoms with van der Waals surface area (Å²) in [6, 6.07) is 8.72. The molecule has 1 aromatic rings. The SMILES string of the molecule is CC(C)OCCC(=O)N1CCC[C@@H]1c1cccc(N(C)C)c1. The van der Waals surface area contributed by atoms with Crippen LogP contribution in [0.3, 0.4) is 0 Å². The molecule has 122 valence electrons. The summed E-state index contributed by atoms with van der Waals surface area (Å²) in [6.07, 6.45) is 2.78. The minimum Gasteiger partial charge on any atom is -0.378 e. The predicted molar refractivity (Wildman–Crippen MR) is 90.2 cm³/mol. The Labute approximate surface area is 134 Å². The second-order valence-electron chi connectivity index (χ2n) is 6.40. The van der Waals surface area contributed by atoms with E-state index in [0.29, 0.717) is 13.0 Å². The van der Waals surface area contributed by atoms with Gasteiger partial charge in [-0.2, -0.15) is 0 Å². The number of carbonyl (C=O) groups is 1. The fourth-order valence-corrected chi connectivity index (χ4v) is 2.95. The molecule has 2 rings (SSSR count). The molecule has 1 atom stereocenters.